The Morgan fingerprint density at radius 3 is 2.53 bits per heavy atom. The van der Waals surface area contributed by atoms with Gasteiger partial charge in [0.05, 0.1) is 11.0 Å². The highest BCUT2D eigenvalue weighted by Gasteiger charge is 2.13. The number of aromatic nitrogens is 2. The van der Waals surface area contributed by atoms with Crippen molar-refractivity contribution in [2.24, 2.45) is 7.05 Å². The number of benzene rings is 1. The van der Waals surface area contributed by atoms with Gasteiger partial charge in [0.25, 0.3) is 5.24 Å². The molecule has 0 unspecified atom stereocenters. The van der Waals surface area contributed by atoms with Crippen LogP contribution in [-0.4, -0.2) is 14.8 Å². The molecule has 0 bridgehead atoms. The second-order valence-electron chi connectivity index (χ2n) is 3.69. The first-order valence-corrected chi connectivity index (χ1v) is 5.02. The van der Waals surface area contributed by atoms with Gasteiger partial charge >= 0.3 is 0 Å². The predicted octanol–water partition coefficient (Wildman–Crippen LogP) is 2.57. The molecule has 0 N–H and O–H groups in total. The number of rotatable bonds is 1. The lowest BCUT2D eigenvalue weighted by atomic mass is 10.1. The van der Waals surface area contributed by atoms with E-state index in [1.54, 1.807) is 11.6 Å². The predicted molar refractivity (Wildman–Crippen MR) is 60.4 cm³/mol. The number of carbonyl (C=O) groups is 1. The second-order valence-corrected chi connectivity index (χ2v) is 4.04. The fraction of sp³-hybridized carbons (Fsp3) is 0.273. The quantitative estimate of drug-likeness (QED) is 0.695. The second kappa shape index (κ2) is 3.35. The molecule has 0 amide bonds. The van der Waals surface area contributed by atoms with Gasteiger partial charge in [0, 0.05) is 7.05 Å². The highest BCUT2D eigenvalue weighted by Crippen LogP contribution is 2.20. The molecule has 0 aliphatic rings. The van der Waals surface area contributed by atoms with E-state index in [0.29, 0.717) is 0 Å². The lowest BCUT2D eigenvalue weighted by Crippen LogP contribution is -2.00. The zero-order valence-corrected chi connectivity index (χ0v) is 9.59. The summed E-state index contributed by atoms with van der Waals surface area (Å²) in [4.78, 5) is 15.3. The molecule has 0 aliphatic heterocycles. The van der Waals surface area contributed by atoms with Gasteiger partial charge in [0.1, 0.15) is 0 Å². The topological polar surface area (TPSA) is 34.9 Å². The van der Waals surface area contributed by atoms with Gasteiger partial charge in [0.15, 0.2) is 5.82 Å². The molecule has 0 radical (unpaired) electrons. The summed E-state index contributed by atoms with van der Waals surface area (Å²) in [6, 6.07) is 3.98. The van der Waals surface area contributed by atoms with Crippen LogP contribution in [0.25, 0.3) is 11.0 Å². The van der Waals surface area contributed by atoms with Crippen LogP contribution >= 0.6 is 11.6 Å². The first kappa shape index (κ1) is 10.2. The molecular weight excluding hydrogens is 212 g/mol. The lowest BCUT2D eigenvalue weighted by molar-refractivity contribution is 0.107. The number of hydrogen-bond donors (Lipinski definition) is 0. The highest BCUT2D eigenvalue weighted by atomic mass is 35.5. The third-order valence-electron chi connectivity index (χ3n) is 2.67. The monoisotopic (exact) mass is 222 g/mol. The van der Waals surface area contributed by atoms with Crippen LogP contribution in [0.3, 0.4) is 0 Å². The summed E-state index contributed by atoms with van der Waals surface area (Å²) in [7, 11) is 1.79. The minimum atomic E-state index is -0.524. The van der Waals surface area contributed by atoms with Crippen molar-refractivity contribution in [2.45, 2.75) is 13.8 Å². The van der Waals surface area contributed by atoms with Crippen molar-refractivity contribution in [1.82, 2.24) is 9.55 Å². The summed E-state index contributed by atoms with van der Waals surface area (Å²) in [6.07, 6.45) is 0. The summed E-state index contributed by atoms with van der Waals surface area (Å²) in [5.74, 6) is 0.289. The van der Waals surface area contributed by atoms with Gasteiger partial charge in [-0.25, -0.2) is 4.98 Å². The fourth-order valence-electron chi connectivity index (χ4n) is 1.62. The van der Waals surface area contributed by atoms with Crippen molar-refractivity contribution in [1.29, 1.82) is 0 Å². The molecule has 0 aliphatic carbocycles. The zero-order valence-electron chi connectivity index (χ0n) is 8.84. The van der Waals surface area contributed by atoms with Crippen LogP contribution in [0, 0.1) is 13.8 Å². The number of carbonyl (C=O) groups excluding carboxylic acids is 1. The van der Waals surface area contributed by atoms with E-state index in [0.717, 1.165) is 16.6 Å². The molecule has 0 fully saturated rings. The van der Waals surface area contributed by atoms with Gasteiger partial charge in [-0.3, -0.25) is 4.79 Å². The minimum absolute atomic E-state index is 0.289. The van der Waals surface area contributed by atoms with Gasteiger partial charge in [-0.1, -0.05) is 0 Å². The summed E-state index contributed by atoms with van der Waals surface area (Å²) in [6.45, 7) is 4.05. The minimum Gasteiger partial charge on any atom is -0.324 e. The van der Waals surface area contributed by atoms with Gasteiger partial charge < -0.3 is 4.57 Å². The summed E-state index contributed by atoms with van der Waals surface area (Å²) in [5.41, 5.74) is 4.08. The van der Waals surface area contributed by atoms with E-state index in [1.807, 2.05) is 26.0 Å². The van der Waals surface area contributed by atoms with Crippen LogP contribution in [0.5, 0.6) is 0 Å². The third kappa shape index (κ3) is 1.53. The van der Waals surface area contributed by atoms with Crippen LogP contribution in [0.15, 0.2) is 12.1 Å². The maximum absolute atomic E-state index is 11.1. The number of nitrogens with zero attached hydrogens (tertiary/aromatic N) is 2. The average Bonchev–Trinajstić information content (AvgIpc) is 2.46. The first-order valence-electron chi connectivity index (χ1n) is 4.64. The Hall–Kier alpha value is -1.35. The van der Waals surface area contributed by atoms with Gasteiger partial charge in [0.2, 0.25) is 0 Å². The number of aryl methyl sites for hydroxylation is 3. The molecule has 1 aromatic carbocycles. The molecule has 0 saturated heterocycles. The normalized spacial score (nSPS) is 10.9. The lowest BCUT2D eigenvalue weighted by Gasteiger charge is -2.00. The van der Waals surface area contributed by atoms with E-state index in [9.17, 15) is 4.79 Å². The molecule has 1 heterocycles. The maximum atomic E-state index is 11.1. The molecular formula is C11H11ClN2O. The van der Waals surface area contributed by atoms with E-state index in [4.69, 9.17) is 11.6 Å². The van der Waals surface area contributed by atoms with Crippen molar-refractivity contribution < 1.29 is 4.79 Å². The molecule has 4 heteroatoms. The Morgan fingerprint density at radius 1 is 1.33 bits per heavy atom. The Kier molecular flexibility index (Phi) is 2.27. The smallest absolute Gasteiger partial charge is 0.288 e. The Morgan fingerprint density at radius 2 is 1.93 bits per heavy atom. The van der Waals surface area contributed by atoms with E-state index < -0.39 is 5.24 Å². The molecule has 1 aromatic heterocycles. The Bertz CT molecular complexity index is 557. The number of hydrogen-bond acceptors (Lipinski definition) is 2. The summed E-state index contributed by atoms with van der Waals surface area (Å²) in [5, 5.41) is -0.524. The van der Waals surface area contributed by atoms with E-state index in [2.05, 4.69) is 4.98 Å². The fourth-order valence-corrected chi connectivity index (χ4v) is 1.79. The molecule has 78 valence electrons. The number of halogens is 1. The van der Waals surface area contributed by atoms with Crippen LogP contribution in [0.2, 0.25) is 0 Å². The van der Waals surface area contributed by atoms with E-state index in [1.165, 1.54) is 5.56 Å². The van der Waals surface area contributed by atoms with Gasteiger partial charge in [-0.2, -0.15) is 0 Å². The molecule has 0 spiro atoms. The Balaban J connectivity index is 2.83. The molecule has 15 heavy (non-hydrogen) atoms. The van der Waals surface area contributed by atoms with Crippen LogP contribution in [0.1, 0.15) is 21.7 Å². The van der Waals surface area contributed by atoms with Crippen molar-refractivity contribution in [2.75, 3.05) is 0 Å². The molecule has 3 nitrogen and oxygen atoms in total. The Labute approximate surface area is 92.7 Å². The van der Waals surface area contributed by atoms with Crippen molar-refractivity contribution in [3.8, 4) is 0 Å². The summed E-state index contributed by atoms with van der Waals surface area (Å²) >= 11 is 5.44. The first-order chi connectivity index (χ1) is 7.00. The highest BCUT2D eigenvalue weighted by molar-refractivity contribution is 6.67. The number of imidazole rings is 1. The van der Waals surface area contributed by atoms with Crippen molar-refractivity contribution in [3.63, 3.8) is 0 Å². The molecule has 2 rings (SSSR count). The standard InChI is InChI=1S/C11H11ClN2O/c1-6-4-8-9(5-7(6)2)14(3)11(13-8)10(12)15/h4-5H,1-3H3. The maximum Gasteiger partial charge on any atom is 0.288 e. The van der Waals surface area contributed by atoms with E-state index >= 15 is 0 Å². The van der Waals surface area contributed by atoms with E-state index in [-0.39, 0.29) is 5.82 Å². The number of fused-ring (bicyclic) bond motifs is 1. The van der Waals surface area contributed by atoms with Crippen molar-refractivity contribution >= 4 is 27.9 Å². The largest absolute Gasteiger partial charge is 0.324 e. The molecule has 0 saturated carbocycles. The van der Waals surface area contributed by atoms with Crippen LogP contribution < -0.4 is 0 Å². The van der Waals surface area contributed by atoms with Crippen molar-refractivity contribution in [3.05, 3.63) is 29.1 Å². The third-order valence-corrected chi connectivity index (χ3v) is 2.84. The molecule has 0 atom stereocenters. The average molecular weight is 223 g/mol. The molecule has 2 aromatic rings. The SMILES string of the molecule is Cc1cc2nc(C(=O)Cl)n(C)c2cc1C. The van der Waals surface area contributed by atoms with Gasteiger partial charge in [-0.05, 0) is 48.7 Å². The van der Waals surface area contributed by atoms with Crippen LogP contribution in [-0.2, 0) is 7.05 Å². The summed E-state index contributed by atoms with van der Waals surface area (Å²) < 4.78 is 1.72. The van der Waals surface area contributed by atoms with Gasteiger partial charge in [-0.15, -0.1) is 0 Å². The zero-order chi connectivity index (χ0) is 11.2. The van der Waals surface area contributed by atoms with Crippen LogP contribution in [0.4, 0.5) is 0 Å².